The molecule has 3 aromatic heterocycles. The van der Waals surface area contributed by atoms with Crippen LogP contribution in [0.2, 0.25) is 0 Å². The van der Waals surface area contributed by atoms with Crippen molar-refractivity contribution in [2.45, 2.75) is 25.8 Å². The summed E-state index contributed by atoms with van der Waals surface area (Å²) in [4.78, 5) is 24.8. The van der Waals surface area contributed by atoms with E-state index in [4.69, 9.17) is 11.3 Å². The smallest absolute Gasteiger partial charge is 0.261 e. The Labute approximate surface area is 161 Å². The molecule has 1 atom stereocenters. The zero-order chi connectivity index (χ0) is 19.5. The van der Waals surface area contributed by atoms with Crippen LogP contribution in [0.1, 0.15) is 36.2 Å². The van der Waals surface area contributed by atoms with E-state index in [0.717, 1.165) is 12.8 Å². The number of amides is 1. The maximum absolute atomic E-state index is 12.8. The summed E-state index contributed by atoms with van der Waals surface area (Å²) in [5, 5.41) is 11.0. The van der Waals surface area contributed by atoms with Crippen LogP contribution in [0.4, 0.5) is 11.5 Å². The maximum atomic E-state index is 12.8. The Morgan fingerprint density at radius 3 is 3.14 bits per heavy atom. The number of fused-ring (bicyclic) bond motifs is 5. The number of hydrogen-bond donors (Lipinski definition) is 1. The molecule has 0 spiro atoms. The highest BCUT2D eigenvalue weighted by atomic mass is 16.5. The van der Waals surface area contributed by atoms with Crippen LogP contribution in [0.5, 0.6) is 5.88 Å². The number of rotatable bonds is 0. The molecule has 0 aliphatic carbocycles. The zero-order valence-corrected chi connectivity index (χ0v) is 15.2. The van der Waals surface area contributed by atoms with Gasteiger partial charge in [-0.25, -0.2) is 14.8 Å². The number of carbonyl (C=O) groups is 1. The number of hydrogen-bond acceptors (Lipinski definition) is 6. The fourth-order valence-corrected chi connectivity index (χ4v) is 3.03. The third-order valence-electron chi connectivity index (χ3n) is 4.48. The second kappa shape index (κ2) is 7.44. The number of anilines is 1. The monoisotopic (exact) mass is 375 g/mol. The molecule has 0 unspecified atom stereocenters. The average molecular weight is 375 g/mol. The van der Waals surface area contributed by atoms with Crippen molar-refractivity contribution in [3.8, 4) is 17.4 Å². The van der Waals surface area contributed by atoms with Crippen LogP contribution < -0.4 is 10.1 Å². The van der Waals surface area contributed by atoms with Crippen molar-refractivity contribution in [3.63, 3.8) is 0 Å². The van der Waals surface area contributed by atoms with Crippen molar-refractivity contribution in [2.24, 2.45) is 0 Å². The number of pyridine rings is 2. The summed E-state index contributed by atoms with van der Waals surface area (Å²) in [5.74, 6) is 0.764. The molecule has 1 amide bonds. The van der Waals surface area contributed by atoms with Gasteiger partial charge in [0.1, 0.15) is 17.8 Å². The van der Waals surface area contributed by atoms with Crippen molar-refractivity contribution < 1.29 is 9.53 Å². The minimum atomic E-state index is -0.440. The Hall–Kier alpha value is -3.80. The molecule has 1 aliphatic heterocycles. The molecule has 3 aromatic rings. The molecule has 4 rings (SSSR count). The van der Waals surface area contributed by atoms with Gasteiger partial charge in [0.05, 0.1) is 18.7 Å². The second-order valence-electron chi connectivity index (χ2n) is 6.42. The summed E-state index contributed by atoms with van der Waals surface area (Å²) < 4.78 is 7.71. The fourth-order valence-electron chi connectivity index (χ4n) is 3.03. The topological polar surface area (TPSA) is 99.2 Å². The van der Waals surface area contributed by atoms with E-state index in [9.17, 15) is 4.79 Å². The summed E-state index contributed by atoms with van der Waals surface area (Å²) in [6.07, 6.45) is 4.65. The lowest BCUT2D eigenvalue weighted by Crippen LogP contribution is -2.17. The van der Waals surface area contributed by atoms with Crippen LogP contribution >= 0.6 is 0 Å². The van der Waals surface area contributed by atoms with Gasteiger partial charge in [0, 0.05) is 12.2 Å². The number of nitrogens with one attached hydrogen (secondary N) is 1. The zero-order valence-electron chi connectivity index (χ0n) is 15.2. The SMILES string of the molecule is [C-]#[N+]c1cnc2c(c1)C(=O)Nc1cccc(n1)-c1nncn1[C@H](C)CCCO2. The molecule has 0 saturated carbocycles. The minimum Gasteiger partial charge on any atom is -0.477 e. The molecule has 9 heteroatoms. The van der Waals surface area contributed by atoms with Crippen LogP contribution in [0.25, 0.3) is 16.4 Å². The van der Waals surface area contributed by atoms with Gasteiger partial charge in [-0.3, -0.25) is 4.79 Å². The molecule has 140 valence electrons. The molecular weight excluding hydrogens is 358 g/mol. The van der Waals surface area contributed by atoms with Gasteiger partial charge in [-0.2, -0.15) is 0 Å². The summed E-state index contributed by atoms with van der Waals surface area (Å²) in [6.45, 7) is 9.64. The molecule has 1 N–H and O–H groups in total. The predicted octanol–water partition coefficient (Wildman–Crippen LogP) is 3.27. The van der Waals surface area contributed by atoms with Gasteiger partial charge >= 0.3 is 0 Å². The van der Waals surface area contributed by atoms with Crippen LogP contribution in [0, 0.1) is 6.57 Å². The van der Waals surface area contributed by atoms with Gasteiger partial charge in [0.25, 0.3) is 5.91 Å². The molecule has 0 aromatic carbocycles. The highest BCUT2D eigenvalue weighted by molar-refractivity contribution is 6.06. The lowest BCUT2D eigenvalue weighted by Gasteiger charge is -2.17. The Morgan fingerprint density at radius 2 is 2.29 bits per heavy atom. The van der Waals surface area contributed by atoms with Crippen LogP contribution in [-0.2, 0) is 0 Å². The summed E-state index contributed by atoms with van der Waals surface area (Å²) in [5.41, 5.74) is 1.08. The molecule has 0 saturated heterocycles. The van der Waals surface area contributed by atoms with E-state index in [1.807, 2.05) is 10.6 Å². The molecule has 28 heavy (non-hydrogen) atoms. The normalized spacial score (nSPS) is 16.6. The van der Waals surface area contributed by atoms with Crippen molar-refractivity contribution in [2.75, 3.05) is 11.9 Å². The molecule has 4 heterocycles. The number of ether oxygens (including phenoxy) is 1. The number of aromatic nitrogens is 5. The number of nitrogens with zero attached hydrogens (tertiary/aromatic N) is 6. The molecule has 0 radical (unpaired) electrons. The molecular formula is C19H17N7O2. The first-order valence-electron chi connectivity index (χ1n) is 8.84. The van der Waals surface area contributed by atoms with Gasteiger partial charge in [0.2, 0.25) is 11.6 Å². The minimum absolute atomic E-state index is 0.147. The van der Waals surface area contributed by atoms with E-state index in [-0.39, 0.29) is 23.2 Å². The summed E-state index contributed by atoms with van der Waals surface area (Å²) in [6, 6.07) is 6.92. The van der Waals surface area contributed by atoms with Gasteiger partial charge in [-0.1, -0.05) is 6.07 Å². The third kappa shape index (κ3) is 3.40. The Kier molecular flexibility index (Phi) is 4.68. The van der Waals surface area contributed by atoms with E-state index in [1.165, 1.54) is 12.3 Å². The molecule has 2 bridgehead atoms. The first-order valence-corrected chi connectivity index (χ1v) is 8.84. The first-order chi connectivity index (χ1) is 13.7. The molecule has 0 fully saturated rings. The Balaban J connectivity index is 1.77. The standard InChI is InChI=1S/C19H17N7O2/c1-12-5-4-8-28-19-14(9-13(20-2)10-21-19)18(27)24-16-7-3-6-15(23-16)17-25-22-11-26(12)17/h3,6-7,9-12H,4-5,8H2,1H3,(H,23,24,27)/t12-/m1/s1. The lowest BCUT2D eigenvalue weighted by atomic mass is 10.1. The Morgan fingerprint density at radius 1 is 1.39 bits per heavy atom. The first kappa shape index (κ1) is 17.6. The van der Waals surface area contributed by atoms with Crippen molar-refractivity contribution in [1.82, 2.24) is 24.7 Å². The maximum Gasteiger partial charge on any atom is 0.261 e. The fraction of sp³-hybridized carbons (Fsp3) is 0.263. The predicted molar refractivity (Wildman–Crippen MR) is 101 cm³/mol. The van der Waals surface area contributed by atoms with Crippen LogP contribution in [0.3, 0.4) is 0 Å². The van der Waals surface area contributed by atoms with E-state index in [1.54, 1.807) is 18.5 Å². The van der Waals surface area contributed by atoms with Gasteiger partial charge in [0.15, 0.2) is 5.82 Å². The van der Waals surface area contributed by atoms with Crippen molar-refractivity contribution in [3.05, 3.63) is 53.8 Å². The Bertz CT molecular complexity index is 1070. The number of carbonyl (C=O) groups excluding carboxylic acids is 1. The van der Waals surface area contributed by atoms with Crippen LogP contribution in [-0.4, -0.2) is 37.2 Å². The average Bonchev–Trinajstić information content (AvgIpc) is 3.20. The third-order valence-corrected chi connectivity index (χ3v) is 4.48. The van der Waals surface area contributed by atoms with E-state index >= 15 is 0 Å². The van der Waals surface area contributed by atoms with E-state index in [2.05, 4.69) is 37.3 Å². The van der Waals surface area contributed by atoms with Crippen molar-refractivity contribution in [1.29, 1.82) is 0 Å². The quantitative estimate of drug-likeness (QED) is 0.606. The van der Waals surface area contributed by atoms with E-state index in [0.29, 0.717) is 23.9 Å². The van der Waals surface area contributed by atoms with Gasteiger partial charge < -0.3 is 14.6 Å². The largest absolute Gasteiger partial charge is 0.477 e. The van der Waals surface area contributed by atoms with E-state index < -0.39 is 5.91 Å². The summed E-state index contributed by atoms with van der Waals surface area (Å²) in [7, 11) is 0. The highest BCUT2D eigenvalue weighted by Crippen LogP contribution is 2.26. The van der Waals surface area contributed by atoms with Crippen LogP contribution in [0.15, 0.2) is 36.8 Å². The highest BCUT2D eigenvalue weighted by Gasteiger charge is 2.19. The molecule has 1 aliphatic rings. The van der Waals surface area contributed by atoms with Gasteiger partial charge in [-0.05, 0) is 38.0 Å². The lowest BCUT2D eigenvalue weighted by molar-refractivity contribution is 0.102. The molecule has 9 nitrogen and oxygen atoms in total. The van der Waals surface area contributed by atoms with Gasteiger partial charge in [-0.15, -0.1) is 10.2 Å². The summed E-state index contributed by atoms with van der Waals surface area (Å²) >= 11 is 0. The second-order valence-corrected chi connectivity index (χ2v) is 6.42. The van der Waals surface area contributed by atoms with Crippen molar-refractivity contribution >= 4 is 17.4 Å².